The first kappa shape index (κ1) is 31.5. The number of fused-ring (bicyclic) bond motifs is 1. The van der Waals surface area contributed by atoms with E-state index in [-0.39, 0.29) is 19.3 Å². The van der Waals surface area contributed by atoms with Gasteiger partial charge in [0.05, 0.1) is 6.33 Å². The molecule has 13 nitrogen and oxygen atoms in total. The van der Waals surface area contributed by atoms with Gasteiger partial charge in [0.25, 0.3) is 0 Å². The van der Waals surface area contributed by atoms with Crippen LogP contribution in [0.3, 0.4) is 0 Å². The number of primary amides is 1. The molecule has 13 heteroatoms. The van der Waals surface area contributed by atoms with Gasteiger partial charge in [0.1, 0.15) is 24.2 Å². The van der Waals surface area contributed by atoms with Crippen molar-refractivity contribution < 1.29 is 24.0 Å². The molecule has 2 heterocycles. The third kappa shape index (κ3) is 8.53. The van der Waals surface area contributed by atoms with Crippen LogP contribution in [-0.2, 0) is 43.2 Å². The van der Waals surface area contributed by atoms with E-state index in [9.17, 15) is 24.0 Å². The summed E-state index contributed by atoms with van der Waals surface area (Å²) in [5.74, 6) is -2.98. The highest BCUT2D eigenvalue weighted by molar-refractivity contribution is 5.95. The third-order valence-electron chi connectivity index (χ3n) is 7.10. The predicted molar refractivity (Wildman–Crippen MR) is 163 cm³/mol. The number of nitrogens with one attached hydrogen (secondary N) is 6. The van der Waals surface area contributed by atoms with Crippen molar-refractivity contribution in [3.8, 4) is 0 Å². The first-order chi connectivity index (χ1) is 21.1. The average molecular weight is 601 g/mol. The Morgan fingerprint density at radius 1 is 0.773 bits per heavy atom. The Balaban J connectivity index is 1.45. The molecule has 0 aliphatic carbocycles. The molecule has 44 heavy (non-hydrogen) atoms. The van der Waals surface area contributed by atoms with E-state index in [1.807, 2.05) is 30.3 Å². The predicted octanol–water partition coefficient (Wildman–Crippen LogP) is 0.383. The van der Waals surface area contributed by atoms with Gasteiger partial charge in [-0.05, 0) is 24.1 Å². The summed E-state index contributed by atoms with van der Waals surface area (Å²) in [5, 5.41) is 11.5. The lowest BCUT2D eigenvalue weighted by Crippen LogP contribution is -2.58. The maximum atomic E-state index is 13.5. The molecule has 0 bridgehead atoms. The van der Waals surface area contributed by atoms with Crippen LogP contribution in [0.4, 0.5) is 0 Å². The summed E-state index contributed by atoms with van der Waals surface area (Å²) in [4.78, 5) is 74.0. The van der Waals surface area contributed by atoms with E-state index in [1.54, 1.807) is 30.5 Å². The van der Waals surface area contributed by atoms with E-state index in [2.05, 4.69) is 36.2 Å². The zero-order chi connectivity index (χ0) is 31.6. The van der Waals surface area contributed by atoms with Gasteiger partial charge in [-0.15, -0.1) is 0 Å². The summed E-state index contributed by atoms with van der Waals surface area (Å²) in [6, 6.07) is 12.4. The van der Waals surface area contributed by atoms with Crippen molar-refractivity contribution in [2.24, 2.45) is 5.73 Å². The van der Waals surface area contributed by atoms with Gasteiger partial charge < -0.3 is 37.0 Å². The lowest BCUT2D eigenvalue weighted by molar-refractivity contribution is -0.134. The molecule has 8 N–H and O–H groups in total. The fourth-order valence-corrected chi connectivity index (χ4v) is 4.82. The molecule has 4 aromatic rings. The fourth-order valence-electron chi connectivity index (χ4n) is 4.82. The summed E-state index contributed by atoms with van der Waals surface area (Å²) in [5.41, 5.74) is 8.68. The lowest BCUT2D eigenvalue weighted by atomic mass is 10.0. The Morgan fingerprint density at radius 3 is 2.11 bits per heavy atom. The first-order valence-corrected chi connectivity index (χ1v) is 14.1. The van der Waals surface area contributed by atoms with E-state index in [1.165, 1.54) is 26.4 Å². The number of H-pyrrole nitrogens is 2. The molecule has 0 saturated heterocycles. The third-order valence-corrected chi connectivity index (χ3v) is 7.10. The van der Waals surface area contributed by atoms with Gasteiger partial charge in [-0.2, -0.15) is 0 Å². The van der Waals surface area contributed by atoms with Crippen LogP contribution in [0, 0.1) is 0 Å². The molecule has 4 atom stereocenters. The number of carbonyl (C=O) groups is 5. The van der Waals surface area contributed by atoms with Gasteiger partial charge in [-0.1, -0.05) is 48.5 Å². The number of nitrogens with zero attached hydrogens (tertiary/aromatic N) is 1. The molecular formula is C31H36N8O5. The number of nitrogens with two attached hydrogens (primary N) is 1. The smallest absolute Gasteiger partial charge is 0.243 e. The van der Waals surface area contributed by atoms with Gasteiger partial charge in [0.2, 0.25) is 29.5 Å². The number of hydrogen-bond acceptors (Lipinski definition) is 6. The first-order valence-electron chi connectivity index (χ1n) is 14.1. The van der Waals surface area contributed by atoms with Crippen molar-refractivity contribution in [2.75, 3.05) is 0 Å². The van der Waals surface area contributed by atoms with E-state index in [4.69, 9.17) is 5.73 Å². The summed E-state index contributed by atoms with van der Waals surface area (Å²) in [6.07, 6.45) is 5.14. The van der Waals surface area contributed by atoms with Crippen LogP contribution in [0.1, 0.15) is 30.7 Å². The number of aromatic amines is 2. The maximum Gasteiger partial charge on any atom is 0.243 e. The Bertz CT molecular complexity index is 1600. The number of rotatable bonds is 14. The molecular weight excluding hydrogens is 564 g/mol. The quantitative estimate of drug-likeness (QED) is 0.109. The van der Waals surface area contributed by atoms with Crippen LogP contribution in [-0.4, -0.2) is 68.7 Å². The van der Waals surface area contributed by atoms with E-state index in [0.29, 0.717) is 5.69 Å². The highest BCUT2D eigenvalue weighted by Crippen LogP contribution is 2.19. The van der Waals surface area contributed by atoms with Crippen LogP contribution in [0.25, 0.3) is 10.9 Å². The monoisotopic (exact) mass is 600 g/mol. The Morgan fingerprint density at radius 2 is 1.43 bits per heavy atom. The molecule has 0 aliphatic rings. The number of imidazole rings is 1. The molecule has 0 aliphatic heterocycles. The van der Waals surface area contributed by atoms with E-state index >= 15 is 0 Å². The van der Waals surface area contributed by atoms with Crippen molar-refractivity contribution in [2.45, 2.75) is 57.3 Å². The molecule has 0 spiro atoms. The maximum absolute atomic E-state index is 13.5. The zero-order valence-electron chi connectivity index (χ0n) is 24.4. The van der Waals surface area contributed by atoms with Crippen molar-refractivity contribution >= 4 is 40.4 Å². The Kier molecular flexibility index (Phi) is 10.5. The van der Waals surface area contributed by atoms with Crippen LogP contribution in [0.15, 0.2) is 73.3 Å². The van der Waals surface area contributed by atoms with Gasteiger partial charge in [-0.25, -0.2) is 4.98 Å². The van der Waals surface area contributed by atoms with Gasteiger partial charge in [0.15, 0.2) is 0 Å². The van der Waals surface area contributed by atoms with Gasteiger partial charge in [-0.3, -0.25) is 24.0 Å². The lowest BCUT2D eigenvalue weighted by Gasteiger charge is -2.25. The van der Waals surface area contributed by atoms with Crippen molar-refractivity contribution in [1.29, 1.82) is 0 Å². The highest BCUT2D eigenvalue weighted by Gasteiger charge is 2.30. The largest absolute Gasteiger partial charge is 0.368 e. The highest BCUT2D eigenvalue weighted by atomic mass is 16.2. The van der Waals surface area contributed by atoms with Gasteiger partial charge >= 0.3 is 0 Å². The second-order valence-electron chi connectivity index (χ2n) is 10.5. The molecule has 0 unspecified atom stereocenters. The number of para-hydroxylation sites is 1. The van der Waals surface area contributed by atoms with Crippen LogP contribution < -0.4 is 27.0 Å². The summed E-state index contributed by atoms with van der Waals surface area (Å²) < 4.78 is 0. The van der Waals surface area contributed by atoms with Crippen molar-refractivity contribution in [3.63, 3.8) is 0 Å². The molecule has 4 rings (SSSR count). The van der Waals surface area contributed by atoms with Gasteiger partial charge in [0, 0.05) is 55.2 Å². The second-order valence-corrected chi connectivity index (χ2v) is 10.5. The summed E-state index contributed by atoms with van der Waals surface area (Å²) in [6.45, 7) is 2.76. The fraction of sp³-hybridized carbons (Fsp3) is 0.290. The number of aromatic nitrogens is 3. The minimum Gasteiger partial charge on any atom is -0.368 e. The van der Waals surface area contributed by atoms with E-state index < -0.39 is 53.7 Å². The number of benzene rings is 2. The second kappa shape index (κ2) is 14.6. The minimum absolute atomic E-state index is 0.119. The Labute approximate surface area is 253 Å². The van der Waals surface area contributed by atoms with Crippen molar-refractivity contribution in [3.05, 3.63) is 90.1 Å². The molecule has 0 radical (unpaired) electrons. The Hall–Kier alpha value is -5.46. The average Bonchev–Trinajstić information content (AvgIpc) is 3.66. The van der Waals surface area contributed by atoms with E-state index in [0.717, 1.165) is 22.0 Å². The normalized spacial score (nSPS) is 13.7. The number of carbonyl (C=O) groups excluding carboxylic acids is 5. The van der Waals surface area contributed by atoms with Crippen molar-refractivity contribution in [1.82, 2.24) is 36.2 Å². The molecule has 5 amide bonds. The minimum atomic E-state index is -1.09. The topological polar surface area (TPSA) is 204 Å². The number of amides is 5. The standard InChI is InChI=1S/C31H36N8O5/c1-18(29(42)38-25(28(32)41)13-21-15-34-24-11-7-6-10-23(21)24)36-30(43)26(12-20-8-4-3-5-9-20)39-31(44)27(37-19(2)40)14-22-16-33-17-35-22/h3-11,15-18,25-27,34H,12-14H2,1-2H3,(H2,32,41)(H,33,35)(H,36,43)(H,37,40)(H,38,42)(H,39,44)/t18-,25+,26+,27-/m0/s1. The van der Waals surface area contributed by atoms with Crippen LogP contribution in [0.5, 0.6) is 0 Å². The molecule has 230 valence electrons. The van der Waals surface area contributed by atoms with Crippen LogP contribution in [0.2, 0.25) is 0 Å². The summed E-state index contributed by atoms with van der Waals surface area (Å²) in [7, 11) is 0. The number of hydrogen-bond donors (Lipinski definition) is 7. The zero-order valence-corrected chi connectivity index (χ0v) is 24.4. The SMILES string of the molecule is CC(=O)N[C@@H](Cc1cnc[nH]1)C(=O)N[C@H](Cc1ccccc1)C(=O)N[C@@H](C)C(=O)N[C@H](Cc1c[nH]c2ccccc12)C(N)=O. The molecule has 0 saturated carbocycles. The van der Waals surface area contributed by atoms with Crippen LogP contribution >= 0.6 is 0 Å². The molecule has 0 fully saturated rings. The molecule has 2 aromatic heterocycles. The summed E-state index contributed by atoms with van der Waals surface area (Å²) >= 11 is 0. The molecule has 2 aromatic carbocycles.